The van der Waals surface area contributed by atoms with Crippen molar-refractivity contribution in [2.75, 3.05) is 18.5 Å². The fourth-order valence-electron chi connectivity index (χ4n) is 2.84. The molecule has 0 aromatic heterocycles. The van der Waals surface area contributed by atoms with E-state index in [2.05, 4.69) is 10.3 Å². The molecule has 1 aliphatic heterocycles. The molecule has 1 aliphatic rings. The van der Waals surface area contributed by atoms with Crippen LogP contribution in [0.3, 0.4) is 0 Å². The van der Waals surface area contributed by atoms with Crippen molar-refractivity contribution in [3.63, 3.8) is 0 Å². The molecule has 1 amide bonds. The quantitative estimate of drug-likeness (QED) is 0.731. The van der Waals surface area contributed by atoms with E-state index in [0.717, 1.165) is 0 Å². The second kappa shape index (κ2) is 7.96. The standard InChI is InChI=1S/C19H21N2O4P/c1-3-24-26(23,25-4-2)19(14-10-6-5-7-11-14)21-17-15-12-8-9-13-16(15)20-18(17)22/h5-13,19H,3-4H2,1-2H3,(H,20,21,22)/t19-/m0/s1. The molecule has 2 aromatic rings. The third-order valence-electron chi connectivity index (χ3n) is 3.91. The predicted octanol–water partition coefficient (Wildman–Crippen LogP) is 4.39. The molecule has 0 saturated carbocycles. The monoisotopic (exact) mass is 372 g/mol. The van der Waals surface area contributed by atoms with E-state index in [9.17, 15) is 9.36 Å². The topological polar surface area (TPSA) is 77.0 Å². The van der Waals surface area contributed by atoms with Gasteiger partial charge in [-0.1, -0.05) is 48.5 Å². The minimum atomic E-state index is -3.61. The molecule has 2 aromatic carbocycles. The maximum atomic E-state index is 13.4. The first-order chi connectivity index (χ1) is 12.6. The summed E-state index contributed by atoms with van der Waals surface area (Å²) in [5, 5.41) is 2.78. The zero-order valence-corrected chi connectivity index (χ0v) is 15.6. The molecule has 0 radical (unpaired) electrons. The Morgan fingerprint density at radius 2 is 1.62 bits per heavy atom. The summed E-state index contributed by atoms with van der Waals surface area (Å²) in [5.41, 5.74) is 2.26. The first-order valence-electron chi connectivity index (χ1n) is 8.51. The van der Waals surface area contributed by atoms with Crippen LogP contribution in [0.5, 0.6) is 0 Å². The Bertz CT molecular complexity index is 857. The Labute approximate surface area is 152 Å². The highest BCUT2D eigenvalue weighted by atomic mass is 31.2. The Morgan fingerprint density at radius 1 is 1.00 bits per heavy atom. The van der Waals surface area contributed by atoms with Gasteiger partial charge >= 0.3 is 7.60 Å². The molecule has 1 heterocycles. The number of nitrogens with one attached hydrogen (secondary N) is 1. The van der Waals surface area contributed by atoms with Gasteiger partial charge in [0.15, 0.2) is 5.78 Å². The lowest BCUT2D eigenvalue weighted by molar-refractivity contribution is -0.110. The predicted molar refractivity (Wildman–Crippen MR) is 102 cm³/mol. The fraction of sp³-hybridized carbons (Fsp3) is 0.263. The van der Waals surface area contributed by atoms with E-state index < -0.39 is 13.4 Å². The third kappa shape index (κ3) is 3.63. The molecule has 0 saturated heterocycles. The highest BCUT2D eigenvalue weighted by Gasteiger charge is 2.39. The number of carbonyl (C=O) groups is 1. The van der Waals surface area contributed by atoms with Crippen molar-refractivity contribution >= 4 is 24.9 Å². The largest absolute Gasteiger partial charge is 0.359 e. The van der Waals surface area contributed by atoms with E-state index in [-0.39, 0.29) is 24.8 Å². The lowest BCUT2D eigenvalue weighted by Crippen LogP contribution is -2.17. The van der Waals surface area contributed by atoms with E-state index in [1.807, 2.05) is 30.3 Å². The van der Waals surface area contributed by atoms with Gasteiger partial charge in [-0.15, -0.1) is 0 Å². The summed E-state index contributed by atoms with van der Waals surface area (Å²) in [6.07, 6.45) is 0. The number of amides is 1. The Balaban J connectivity index is 2.13. The van der Waals surface area contributed by atoms with Crippen LogP contribution in [0.2, 0.25) is 0 Å². The molecule has 0 bridgehead atoms. The van der Waals surface area contributed by atoms with Crippen LogP contribution < -0.4 is 5.32 Å². The maximum absolute atomic E-state index is 13.4. The van der Waals surface area contributed by atoms with E-state index in [4.69, 9.17) is 9.05 Å². The SMILES string of the molecule is CCOP(=O)(OCC)[C@H](/N=C1\C(=O)Nc2ccccc21)c1ccccc1. The van der Waals surface area contributed by atoms with Gasteiger partial charge in [-0.3, -0.25) is 14.4 Å². The van der Waals surface area contributed by atoms with Crippen LogP contribution >= 0.6 is 7.60 Å². The van der Waals surface area contributed by atoms with Crippen molar-refractivity contribution in [1.29, 1.82) is 0 Å². The molecule has 0 spiro atoms. The van der Waals surface area contributed by atoms with Crippen LogP contribution in [0.4, 0.5) is 5.69 Å². The molecule has 3 rings (SSSR count). The second-order valence-corrected chi connectivity index (χ2v) is 7.72. The Kier molecular flexibility index (Phi) is 5.67. The van der Waals surface area contributed by atoms with Gasteiger partial charge in [0, 0.05) is 5.56 Å². The molecule has 26 heavy (non-hydrogen) atoms. The smallest absolute Gasteiger partial charge is 0.320 e. The molecule has 0 aliphatic carbocycles. The average Bonchev–Trinajstić information content (AvgIpc) is 2.96. The van der Waals surface area contributed by atoms with E-state index in [0.29, 0.717) is 16.8 Å². The van der Waals surface area contributed by atoms with Gasteiger partial charge in [0.2, 0.25) is 0 Å². The molecular weight excluding hydrogens is 351 g/mol. The summed E-state index contributed by atoms with van der Waals surface area (Å²) >= 11 is 0. The van der Waals surface area contributed by atoms with Crippen LogP contribution in [0, 0.1) is 0 Å². The Hall–Kier alpha value is -2.27. The first kappa shape index (κ1) is 18.5. The highest BCUT2D eigenvalue weighted by molar-refractivity contribution is 7.54. The van der Waals surface area contributed by atoms with Gasteiger partial charge in [0.1, 0.15) is 5.71 Å². The minimum Gasteiger partial charge on any atom is -0.320 e. The average molecular weight is 372 g/mol. The van der Waals surface area contributed by atoms with Gasteiger partial charge in [0.05, 0.1) is 18.9 Å². The number of benzene rings is 2. The minimum absolute atomic E-state index is 0.217. The number of para-hydroxylation sites is 1. The van der Waals surface area contributed by atoms with Crippen molar-refractivity contribution in [3.05, 3.63) is 65.7 Å². The summed E-state index contributed by atoms with van der Waals surface area (Å²) in [6.45, 7) is 3.93. The van der Waals surface area contributed by atoms with Crippen LogP contribution in [0.15, 0.2) is 59.6 Å². The lowest BCUT2D eigenvalue weighted by Gasteiger charge is -2.24. The Morgan fingerprint density at radius 3 is 2.27 bits per heavy atom. The maximum Gasteiger partial charge on any atom is 0.359 e. The molecule has 136 valence electrons. The second-order valence-electron chi connectivity index (χ2n) is 5.64. The van der Waals surface area contributed by atoms with E-state index >= 15 is 0 Å². The van der Waals surface area contributed by atoms with Gasteiger partial charge in [-0.2, -0.15) is 0 Å². The lowest BCUT2D eigenvalue weighted by atomic mass is 10.1. The molecule has 6 nitrogen and oxygen atoms in total. The van der Waals surface area contributed by atoms with Gasteiger partial charge in [-0.05, 0) is 25.5 Å². The number of aliphatic imine (C=N–C) groups is 1. The van der Waals surface area contributed by atoms with E-state index in [1.165, 1.54) is 0 Å². The number of hydrogen-bond acceptors (Lipinski definition) is 5. The zero-order valence-electron chi connectivity index (χ0n) is 14.7. The molecule has 1 atom stereocenters. The van der Waals surface area contributed by atoms with Gasteiger partial charge < -0.3 is 14.4 Å². The summed E-state index contributed by atoms with van der Waals surface area (Å²) in [7, 11) is -3.61. The number of anilines is 1. The van der Waals surface area contributed by atoms with Crippen molar-refractivity contribution in [1.82, 2.24) is 0 Å². The number of hydrogen-bond donors (Lipinski definition) is 1. The number of rotatable bonds is 7. The van der Waals surface area contributed by atoms with Crippen LogP contribution in [-0.2, 0) is 18.4 Å². The normalized spacial score (nSPS) is 16.4. The van der Waals surface area contributed by atoms with E-state index in [1.54, 1.807) is 38.1 Å². The summed E-state index contributed by atoms with van der Waals surface area (Å²) < 4.78 is 24.5. The van der Waals surface area contributed by atoms with Crippen LogP contribution in [0.25, 0.3) is 0 Å². The number of fused-ring (bicyclic) bond motifs is 1. The van der Waals surface area contributed by atoms with Gasteiger partial charge in [-0.25, -0.2) is 0 Å². The first-order valence-corrected chi connectivity index (χ1v) is 10.1. The van der Waals surface area contributed by atoms with Crippen molar-refractivity contribution in [2.45, 2.75) is 19.6 Å². The van der Waals surface area contributed by atoms with Crippen LogP contribution in [-0.4, -0.2) is 24.8 Å². The van der Waals surface area contributed by atoms with Gasteiger partial charge in [0.25, 0.3) is 5.91 Å². The number of nitrogens with zero attached hydrogens (tertiary/aromatic N) is 1. The summed E-state index contributed by atoms with van der Waals surface area (Å²) in [5.74, 6) is -1.25. The zero-order chi connectivity index (χ0) is 18.6. The molecule has 1 N–H and O–H groups in total. The molecule has 0 unspecified atom stereocenters. The highest BCUT2D eigenvalue weighted by Crippen LogP contribution is 2.61. The van der Waals surface area contributed by atoms with Crippen molar-refractivity contribution < 1.29 is 18.4 Å². The third-order valence-corrected chi connectivity index (χ3v) is 6.16. The van der Waals surface area contributed by atoms with Crippen molar-refractivity contribution in [2.24, 2.45) is 4.99 Å². The number of carbonyl (C=O) groups excluding carboxylic acids is 1. The molecule has 7 heteroatoms. The summed E-state index contributed by atoms with van der Waals surface area (Å²) in [6, 6.07) is 16.4. The van der Waals surface area contributed by atoms with Crippen LogP contribution in [0.1, 0.15) is 30.8 Å². The molecule has 0 fully saturated rings. The molecular formula is C19H21N2O4P. The van der Waals surface area contributed by atoms with Crippen molar-refractivity contribution in [3.8, 4) is 0 Å². The summed E-state index contributed by atoms with van der Waals surface area (Å²) in [4.78, 5) is 17.0. The fourth-order valence-corrected chi connectivity index (χ4v) is 4.72.